The Morgan fingerprint density at radius 2 is 2.09 bits per heavy atom. The van der Waals surface area contributed by atoms with E-state index in [1.54, 1.807) is 25.4 Å². The highest BCUT2D eigenvalue weighted by Gasteiger charge is 2.11. The Morgan fingerprint density at radius 3 is 2.87 bits per heavy atom. The van der Waals surface area contributed by atoms with E-state index in [9.17, 15) is 4.79 Å². The molecule has 7 nitrogen and oxygen atoms in total. The number of carbonyl (C=O) groups excluding carboxylic acids is 1. The zero-order valence-corrected chi connectivity index (χ0v) is 12.8. The summed E-state index contributed by atoms with van der Waals surface area (Å²) in [5.74, 6) is 0.941. The van der Waals surface area contributed by atoms with Crippen LogP contribution in [0.3, 0.4) is 0 Å². The van der Waals surface area contributed by atoms with E-state index in [0.717, 1.165) is 11.3 Å². The van der Waals surface area contributed by atoms with Gasteiger partial charge in [0.15, 0.2) is 5.65 Å². The monoisotopic (exact) mass is 312 g/mol. The van der Waals surface area contributed by atoms with Crippen molar-refractivity contribution in [3.05, 3.63) is 53.9 Å². The molecule has 1 aromatic carbocycles. The van der Waals surface area contributed by atoms with Gasteiger partial charge in [-0.3, -0.25) is 4.79 Å². The summed E-state index contributed by atoms with van der Waals surface area (Å²) < 4.78 is 11.7. The lowest BCUT2D eigenvalue weighted by Gasteiger charge is -2.05. The van der Waals surface area contributed by atoms with Crippen LogP contribution in [0, 0.1) is 0 Å². The summed E-state index contributed by atoms with van der Waals surface area (Å²) in [7, 11) is 3.14. The Kier molecular flexibility index (Phi) is 4.09. The molecule has 2 heterocycles. The van der Waals surface area contributed by atoms with E-state index in [1.807, 2.05) is 24.3 Å². The molecular weight excluding hydrogens is 296 g/mol. The minimum Gasteiger partial charge on any atom is -0.497 e. The highest BCUT2D eigenvalue weighted by Crippen LogP contribution is 2.13. The second kappa shape index (κ2) is 6.35. The van der Waals surface area contributed by atoms with E-state index in [4.69, 9.17) is 9.47 Å². The minimum atomic E-state index is -0.266. The van der Waals surface area contributed by atoms with Gasteiger partial charge in [-0.25, -0.2) is 9.50 Å². The van der Waals surface area contributed by atoms with E-state index in [0.29, 0.717) is 23.8 Å². The number of ether oxygens (including phenoxy) is 2. The molecule has 0 unspecified atom stereocenters. The van der Waals surface area contributed by atoms with E-state index >= 15 is 0 Å². The molecule has 0 atom stereocenters. The van der Waals surface area contributed by atoms with Gasteiger partial charge < -0.3 is 14.8 Å². The average molecular weight is 312 g/mol. The summed E-state index contributed by atoms with van der Waals surface area (Å²) in [6.45, 7) is 0.390. The molecule has 0 radical (unpaired) electrons. The quantitative estimate of drug-likeness (QED) is 0.775. The normalized spacial score (nSPS) is 10.5. The molecule has 0 aliphatic heterocycles. The molecule has 0 aliphatic rings. The third-order valence-corrected chi connectivity index (χ3v) is 3.32. The molecule has 0 bridgehead atoms. The van der Waals surface area contributed by atoms with Crippen LogP contribution in [0.4, 0.5) is 0 Å². The van der Waals surface area contributed by atoms with Crippen molar-refractivity contribution in [2.75, 3.05) is 14.2 Å². The molecular formula is C16H16N4O3. The summed E-state index contributed by atoms with van der Waals surface area (Å²) in [5, 5.41) is 7.00. The number of benzene rings is 1. The zero-order valence-electron chi connectivity index (χ0n) is 12.8. The number of aromatic nitrogens is 3. The molecule has 1 amide bonds. The largest absolute Gasteiger partial charge is 0.497 e. The maximum absolute atomic E-state index is 12.2. The van der Waals surface area contributed by atoms with Gasteiger partial charge in [0, 0.05) is 12.6 Å². The first-order valence-electron chi connectivity index (χ1n) is 7.01. The van der Waals surface area contributed by atoms with E-state index < -0.39 is 0 Å². The van der Waals surface area contributed by atoms with Gasteiger partial charge in [0.25, 0.3) is 5.91 Å². The molecule has 3 aromatic rings. The van der Waals surface area contributed by atoms with Crippen LogP contribution >= 0.6 is 0 Å². The van der Waals surface area contributed by atoms with Crippen LogP contribution in [0.2, 0.25) is 0 Å². The summed E-state index contributed by atoms with van der Waals surface area (Å²) in [6.07, 6.45) is 1.57. The molecule has 0 spiro atoms. The van der Waals surface area contributed by atoms with Crippen molar-refractivity contribution in [2.24, 2.45) is 0 Å². The van der Waals surface area contributed by atoms with Gasteiger partial charge in [0.2, 0.25) is 5.88 Å². The standard InChI is InChI=1S/C16H16N4O3/c1-22-12-5-3-4-11(8-12)9-17-16(21)13-10-20-14(18-13)6-7-15(19-20)23-2/h3-8,10H,9H2,1-2H3,(H,17,21). The SMILES string of the molecule is COc1cccc(CNC(=O)c2cn3nc(OC)ccc3n2)c1. The molecule has 3 rings (SSSR count). The lowest BCUT2D eigenvalue weighted by Crippen LogP contribution is -2.23. The van der Waals surface area contributed by atoms with Gasteiger partial charge in [0.1, 0.15) is 11.4 Å². The van der Waals surface area contributed by atoms with Crippen LogP contribution in [0.25, 0.3) is 5.65 Å². The highest BCUT2D eigenvalue weighted by molar-refractivity contribution is 5.92. The number of imidazole rings is 1. The second-order valence-electron chi connectivity index (χ2n) is 4.84. The van der Waals surface area contributed by atoms with Gasteiger partial charge in [-0.05, 0) is 23.8 Å². The Hall–Kier alpha value is -3.09. The van der Waals surface area contributed by atoms with Crippen molar-refractivity contribution in [1.82, 2.24) is 19.9 Å². The van der Waals surface area contributed by atoms with Crippen LogP contribution < -0.4 is 14.8 Å². The number of methoxy groups -OCH3 is 2. The summed E-state index contributed by atoms with van der Waals surface area (Å²) in [4.78, 5) is 16.5. The molecule has 7 heteroatoms. The number of nitrogens with one attached hydrogen (secondary N) is 1. The zero-order chi connectivity index (χ0) is 16.2. The van der Waals surface area contributed by atoms with E-state index in [-0.39, 0.29) is 5.91 Å². The molecule has 0 aliphatic carbocycles. The lowest BCUT2D eigenvalue weighted by atomic mass is 10.2. The van der Waals surface area contributed by atoms with Gasteiger partial charge in [0.05, 0.1) is 20.4 Å². The van der Waals surface area contributed by atoms with Crippen LogP contribution in [0.1, 0.15) is 16.1 Å². The fraction of sp³-hybridized carbons (Fsp3) is 0.188. The van der Waals surface area contributed by atoms with Crippen LogP contribution in [0.15, 0.2) is 42.6 Å². The first-order chi connectivity index (χ1) is 11.2. The molecule has 0 saturated heterocycles. The van der Waals surface area contributed by atoms with Crippen LogP contribution in [-0.4, -0.2) is 34.7 Å². The van der Waals surface area contributed by atoms with E-state index in [2.05, 4.69) is 15.4 Å². The summed E-state index contributed by atoms with van der Waals surface area (Å²) in [5.41, 5.74) is 1.83. The van der Waals surface area contributed by atoms with Crippen molar-refractivity contribution in [1.29, 1.82) is 0 Å². The number of nitrogens with zero attached hydrogens (tertiary/aromatic N) is 3. The van der Waals surface area contributed by atoms with Crippen LogP contribution in [-0.2, 0) is 6.54 Å². The minimum absolute atomic E-state index is 0.266. The topological polar surface area (TPSA) is 77.8 Å². The second-order valence-corrected chi connectivity index (χ2v) is 4.84. The smallest absolute Gasteiger partial charge is 0.271 e. The van der Waals surface area contributed by atoms with Crippen molar-refractivity contribution < 1.29 is 14.3 Å². The average Bonchev–Trinajstić information content (AvgIpc) is 3.03. The molecule has 1 N–H and O–H groups in total. The molecule has 2 aromatic heterocycles. The fourth-order valence-corrected chi connectivity index (χ4v) is 2.14. The lowest BCUT2D eigenvalue weighted by molar-refractivity contribution is 0.0946. The number of hydrogen-bond donors (Lipinski definition) is 1. The predicted molar refractivity (Wildman–Crippen MR) is 83.7 cm³/mol. The Labute approximate surface area is 132 Å². The van der Waals surface area contributed by atoms with Crippen molar-refractivity contribution in [3.63, 3.8) is 0 Å². The number of hydrogen-bond acceptors (Lipinski definition) is 5. The maximum atomic E-state index is 12.2. The molecule has 23 heavy (non-hydrogen) atoms. The first kappa shape index (κ1) is 14.8. The third kappa shape index (κ3) is 3.23. The van der Waals surface area contributed by atoms with Gasteiger partial charge in [-0.15, -0.1) is 5.10 Å². The Morgan fingerprint density at radius 1 is 1.22 bits per heavy atom. The Bertz CT molecular complexity index is 844. The maximum Gasteiger partial charge on any atom is 0.271 e. The van der Waals surface area contributed by atoms with Crippen molar-refractivity contribution in [2.45, 2.75) is 6.54 Å². The Balaban J connectivity index is 1.72. The third-order valence-electron chi connectivity index (χ3n) is 3.32. The molecule has 0 fully saturated rings. The van der Waals surface area contributed by atoms with Crippen molar-refractivity contribution in [3.8, 4) is 11.6 Å². The molecule has 118 valence electrons. The van der Waals surface area contributed by atoms with Gasteiger partial charge in [-0.2, -0.15) is 0 Å². The number of carbonyl (C=O) groups is 1. The molecule has 0 saturated carbocycles. The number of fused-ring (bicyclic) bond motifs is 1. The first-order valence-corrected chi connectivity index (χ1v) is 7.01. The summed E-state index contributed by atoms with van der Waals surface area (Å²) >= 11 is 0. The predicted octanol–water partition coefficient (Wildman–Crippen LogP) is 1.68. The van der Waals surface area contributed by atoms with Crippen molar-refractivity contribution >= 4 is 11.6 Å². The fourth-order valence-electron chi connectivity index (χ4n) is 2.14. The van der Waals surface area contributed by atoms with E-state index in [1.165, 1.54) is 11.6 Å². The van der Waals surface area contributed by atoms with Gasteiger partial charge >= 0.3 is 0 Å². The highest BCUT2D eigenvalue weighted by atomic mass is 16.5. The van der Waals surface area contributed by atoms with Gasteiger partial charge in [-0.1, -0.05) is 12.1 Å². The number of amides is 1. The van der Waals surface area contributed by atoms with Crippen LogP contribution in [0.5, 0.6) is 11.6 Å². The number of rotatable bonds is 5. The summed E-state index contributed by atoms with van der Waals surface area (Å²) in [6, 6.07) is 11.0.